The Kier molecular flexibility index (Phi) is 3.80. The summed E-state index contributed by atoms with van der Waals surface area (Å²) in [5, 5.41) is 9.14. The molecule has 0 radical (unpaired) electrons. The summed E-state index contributed by atoms with van der Waals surface area (Å²) in [4.78, 5) is 11.7. The van der Waals surface area contributed by atoms with Gasteiger partial charge in [0.2, 0.25) is 0 Å². The van der Waals surface area contributed by atoms with Gasteiger partial charge in [-0.1, -0.05) is 25.9 Å². The smallest absolute Gasteiger partial charge is 0.320 e. The monoisotopic (exact) mass is 239 g/mol. The highest BCUT2D eigenvalue weighted by atomic mass is 16.5. The molecule has 1 heterocycles. The van der Waals surface area contributed by atoms with E-state index in [4.69, 9.17) is 0 Å². The summed E-state index contributed by atoms with van der Waals surface area (Å²) in [6.07, 6.45) is 2.29. The van der Waals surface area contributed by atoms with Gasteiger partial charge in [-0.15, -0.1) is 0 Å². The molecule has 2 amide bonds. The zero-order valence-corrected chi connectivity index (χ0v) is 11.1. The number of nitrogens with zero attached hydrogens (tertiary/aromatic N) is 1. The highest BCUT2D eigenvalue weighted by Gasteiger charge is 2.27. The van der Waals surface area contributed by atoms with Crippen LogP contribution < -0.4 is 10.6 Å². The average molecular weight is 239 g/mol. The first-order valence-corrected chi connectivity index (χ1v) is 5.68. The summed E-state index contributed by atoms with van der Waals surface area (Å²) < 4.78 is 4.63. The van der Waals surface area contributed by atoms with Crippen LogP contribution in [0.4, 0.5) is 10.6 Å². The van der Waals surface area contributed by atoms with Crippen LogP contribution in [-0.4, -0.2) is 16.7 Å². The molecule has 0 saturated heterocycles. The second kappa shape index (κ2) is 4.77. The van der Waals surface area contributed by atoms with Gasteiger partial charge < -0.3 is 9.84 Å². The van der Waals surface area contributed by atoms with Crippen molar-refractivity contribution < 1.29 is 9.32 Å². The van der Waals surface area contributed by atoms with Crippen molar-refractivity contribution in [3.05, 3.63) is 12.3 Å². The van der Waals surface area contributed by atoms with Crippen molar-refractivity contribution in [2.45, 2.75) is 46.6 Å². The molecule has 0 saturated carbocycles. The average Bonchev–Trinajstić information content (AvgIpc) is 2.49. The van der Waals surface area contributed by atoms with Crippen molar-refractivity contribution in [1.82, 2.24) is 10.5 Å². The second-order valence-electron chi connectivity index (χ2n) is 6.09. The lowest BCUT2D eigenvalue weighted by atomic mass is 9.82. The van der Waals surface area contributed by atoms with E-state index in [1.165, 1.54) is 6.26 Å². The molecule has 0 spiro atoms. The van der Waals surface area contributed by atoms with Crippen LogP contribution in [0.1, 0.15) is 41.0 Å². The molecule has 0 aliphatic rings. The van der Waals surface area contributed by atoms with E-state index in [0.29, 0.717) is 5.82 Å². The second-order valence-corrected chi connectivity index (χ2v) is 6.09. The molecule has 0 atom stereocenters. The predicted octanol–water partition coefficient (Wildman–Crippen LogP) is 3.01. The highest BCUT2D eigenvalue weighted by molar-refractivity contribution is 5.88. The van der Waals surface area contributed by atoms with E-state index >= 15 is 0 Å². The van der Waals surface area contributed by atoms with Gasteiger partial charge >= 0.3 is 6.03 Å². The van der Waals surface area contributed by atoms with Gasteiger partial charge in [0.1, 0.15) is 6.26 Å². The third-order valence-electron chi connectivity index (χ3n) is 2.10. The number of urea groups is 1. The standard InChI is InChI=1S/C12H21N3O2/c1-11(2,3)8-12(4,5)14-10(16)13-9-6-7-17-15-9/h6-7H,8H2,1-5H3,(H2,13,14,15,16). The van der Waals surface area contributed by atoms with Crippen molar-refractivity contribution in [2.75, 3.05) is 5.32 Å². The topological polar surface area (TPSA) is 67.2 Å². The predicted molar refractivity (Wildman–Crippen MR) is 66.8 cm³/mol. The normalized spacial score (nSPS) is 12.3. The quantitative estimate of drug-likeness (QED) is 0.852. The van der Waals surface area contributed by atoms with Crippen LogP contribution in [0.3, 0.4) is 0 Å². The largest absolute Gasteiger partial charge is 0.363 e. The Labute approximate surface area is 102 Å². The van der Waals surface area contributed by atoms with Gasteiger partial charge in [-0.3, -0.25) is 5.32 Å². The Hall–Kier alpha value is -1.52. The van der Waals surface area contributed by atoms with E-state index in [0.717, 1.165) is 6.42 Å². The molecule has 1 rings (SSSR count). The van der Waals surface area contributed by atoms with Crippen LogP contribution >= 0.6 is 0 Å². The van der Waals surface area contributed by atoms with Gasteiger partial charge in [-0.05, 0) is 25.7 Å². The number of hydrogen-bond donors (Lipinski definition) is 2. The van der Waals surface area contributed by atoms with E-state index in [-0.39, 0.29) is 17.0 Å². The Morgan fingerprint density at radius 1 is 1.35 bits per heavy atom. The van der Waals surface area contributed by atoms with Gasteiger partial charge in [-0.2, -0.15) is 0 Å². The Balaban J connectivity index is 2.50. The summed E-state index contributed by atoms with van der Waals surface area (Å²) in [6, 6.07) is 1.32. The number of anilines is 1. The highest BCUT2D eigenvalue weighted by Crippen LogP contribution is 2.26. The van der Waals surface area contributed by atoms with Crippen LogP contribution in [0.25, 0.3) is 0 Å². The molecule has 0 aliphatic carbocycles. The fourth-order valence-corrected chi connectivity index (χ4v) is 2.10. The number of carbonyl (C=O) groups excluding carboxylic acids is 1. The first-order valence-electron chi connectivity index (χ1n) is 5.68. The first-order chi connectivity index (χ1) is 7.68. The van der Waals surface area contributed by atoms with Crippen molar-refractivity contribution in [1.29, 1.82) is 0 Å². The number of hydrogen-bond acceptors (Lipinski definition) is 3. The van der Waals surface area contributed by atoms with E-state index in [2.05, 4.69) is 41.1 Å². The first kappa shape index (κ1) is 13.5. The SMILES string of the molecule is CC(C)(C)CC(C)(C)NC(=O)Nc1ccon1. The minimum absolute atomic E-state index is 0.157. The van der Waals surface area contributed by atoms with Crippen LogP contribution in [-0.2, 0) is 0 Å². The van der Waals surface area contributed by atoms with E-state index in [9.17, 15) is 4.79 Å². The molecule has 96 valence electrons. The molecule has 1 aromatic rings. The minimum Gasteiger partial charge on any atom is -0.363 e. The molecule has 0 unspecified atom stereocenters. The minimum atomic E-state index is -0.272. The molecule has 0 aromatic carbocycles. The number of nitrogens with one attached hydrogen (secondary N) is 2. The zero-order chi connectivity index (χ0) is 13.1. The molecule has 5 heteroatoms. The number of amides is 2. The van der Waals surface area contributed by atoms with Gasteiger partial charge in [0, 0.05) is 11.6 Å². The Bertz CT molecular complexity index is 364. The van der Waals surface area contributed by atoms with Crippen molar-refractivity contribution in [3.63, 3.8) is 0 Å². The van der Waals surface area contributed by atoms with E-state index in [1.807, 2.05) is 13.8 Å². The molecule has 5 nitrogen and oxygen atoms in total. The molecular formula is C12H21N3O2. The summed E-state index contributed by atoms with van der Waals surface area (Å²) in [7, 11) is 0. The van der Waals surface area contributed by atoms with Crippen LogP contribution in [0.2, 0.25) is 0 Å². The van der Waals surface area contributed by atoms with Gasteiger partial charge in [0.25, 0.3) is 0 Å². The maximum absolute atomic E-state index is 11.7. The Morgan fingerprint density at radius 3 is 2.47 bits per heavy atom. The molecule has 17 heavy (non-hydrogen) atoms. The van der Waals surface area contributed by atoms with Crippen molar-refractivity contribution in [2.24, 2.45) is 5.41 Å². The van der Waals surface area contributed by atoms with E-state index < -0.39 is 0 Å². The molecule has 2 N–H and O–H groups in total. The number of carbonyl (C=O) groups is 1. The number of rotatable bonds is 3. The molecular weight excluding hydrogens is 218 g/mol. The number of aromatic nitrogens is 1. The van der Waals surface area contributed by atoms with E-state index in [1.54, 1.807) is 6.07 Å². The molecule has 0 fully saturated rings. The summed E-state index contributed by atoms with van der Waals surface area (Å²) in [5.74, 6) is 0.411. The van der Waals surface area contributed by atoms with Gasteiger partial charge in [-0.25, -0.2) is 4.79 Å². The lowest BCUT2D eigenvalue weighted by molar-refractivity contribution is 0.220. The fraction of sp³-hybridized carbons (Fsp3) is 0.667. The fourth-order valence-electron chi connectivity index (χ4n) is 2.10. The maximum Gasteiger partial charge on any atom is 0.320 e. The Morgan fingerprint density at radius 2 is 2.00 bits per heavy atom. The van der Waals surface area contributed by atoms with Gasteiger partial charge in [0.05, 0.1) is 0 Å². The lowest BCUT2D eigenvalue weighted by Gasteiger charge is -2.33. The summed E-state index contributed by atoms with van der Waals surface area (Å²) in [5.41, 5.74) is -0.114. The van der Waals surface area contributed by atoms with Crippen molar-refractivity contribution >= 4 is 11.8 Å². The van der Waals surface area contributed by atoms with Crippen LogP contribution in [0.5, 0.6) is 0 Å². The third kappa shape index (κ3) is 5.38. The third-order valence-corrected chi connectivity index (χ3v) is 2.10. The summed E-state index contributed by atoms with van der Waals surface area (Å²) in [6.45, 7) is 10.4. The maximum atomic E-state index is 11.7. The van der Waals surface area contributed by atoms with Crippen molar-refractivity contribution in [3.8, 4) is 0 Å². The van der Waals surface area contributed by atoms with Crippen LogP contribution in [0, 0.1) is 5.41 Å². The summed E-state index contributed by atoms with van der Waals surface area (Å²) >= 11 is 0. The molecule has 1 aromatic heterocycles. The van der Waals surface area contributed by atoms with Crippen LogP contribution in [0.15, 0.2) is 16.9 Å². The molecule has 0 aliphatic heterocycles. The van der Waals surface area contributed by atoms with Gasteiger partial charge in [0.15, 0.2) is 5.82 Å². The zero-order valence-electron chi connectivity index (χ0n) is 11.1. The molecule has 0 bridgehead atoms. The lowest BCUT2D eigenvalue weighted by Crippen LogP contribution is -2.47.